The number of hydrogen-bond acceptors (Lipinski definition) is 0. The van der Waals surface area contributed by atoms with Gasteiger partial charge in [0.25, 0.3) is 0 Å². The molecule has 0 amide bonds. The van der Waals surface area contributed by atoms with E-state index in [4.69, 9.17) is 0 Å². The Hall–Kier alpha value is -1.06. The van der Waals surface area contributed by atoms with E-state index in [9.17, 15) is 0 Å². The van der Waals surface area contributed by atoms with Gasteiger partial charge in [0.05, 0.1) is 8.07 Å². The van der Waals surface area contributed by atoms with Crippen LogP contribution >= 0.6 is 0 Å². The molecule has 218 valence electrons. The summed E-state index contributed by atoms with van der Waals surface area (Å²) in [7, 11) is -2.58. The maximum atomic E-state index is 3.77. The molecule has 0 saturated heterocycles. The molecule has 1 aliphatic rings. The fraction of sp³-hybridized carbons (Fsp3) is 0.389. The minimum absolute atomic E-state index is 0. The van der Waals surface area contributed by atoms with Crippen molar-refractivity contribution < 1.29 is 58.9 Å². The second kappa shape index (κ2) is 17.3. The van der Waals surface area contributed by atoms with Crippen LogP contribution in [0.1, 0.15) is 103 Å². The molecular weight excluding hydrogens is 615 g/mol. The molecule has 3 aromatic carbocycles. The van der Waals surface area contributed by atoms with Crippen LogP contribution in [-0.2, 0) is 21.7 Å². The zero-order chi connectivity index (χ0) is 26.7. The summed E-state index contributed by atoms with van der Waals surface area (Å²) in [4.78, 5) is 0. The predicted octanol–water partition coefficient (Wildman–Crippen LogP) is -0.819. The number of allylic oxidation sites excluding steroid dienone is 4. The summed E-state index contributed by atoms with van der Waals surface area (Å²) in [5.74, 6) is 1.97. The van der Waals surface area contributed by atoms with Gasteiger partial charge in [-0.2, -0.15) is 6.08 Å². The molecule has 1 unspecified atom stereocenters. The summed E-state index contributed by atoms with van der Waals surface area (Å²) in [6.45, 7) is 18.6. The van der Waals surface area contributed by atoms with E-state index < -0.39 is 8.07 Å². The SMILES string of the molecule is CCC(C)C1=C([Si](c2cccc(C(C)C)c2)(c2cccc(C(C)C)c2)c2cccc(C(C)C)c2)CC=[C-]1.[Cl-].[Cl-].[Cl-].[Ti+4]. The van der Waals surface area contributed by atoms with Gasteiger partial charge in [-0.15, -0.1) is 0 Å². The molecule has 4 rings (SSSR count). The van der Waals surface area contributed by atoms with E-state index in [-0.39, 0.29) is 58.9 Å². The first-order valence-corrected chi connectivity index (χ1v) is 16.3. The van der Waals surface area contributed by atoms with E-state index >= 15 is 0 Å². The minimum Gasteiger partial charge on any atom is -1.00 e. The largest absolute Gasteiger partial charge is 4.00 e. The third-order valence-electron chi connectivity index (χ3n) is 8.41. The third kappa shape index (κ3) is 8.11. The average molecular weight is 660 g/mol. The van der Waals surface area contributed by atoms with Crippen LogP contribution in [0.4, 0.5) is 0 Å². The zero-order valence-electron chi connectivity index (χ0n) is 25.9. The molecule has 0 saturated carbocycles. The summed E-state index contributed by atoms with van der Waals surface area (Å²) < 4.78 is 0. The van der Waals surface area contributed by atoms with Crippen molar-refractivity contribution in [1.29, 1.82) is 0 Å². The van der Waals surface area contributed by atoms with Crippen LogP contribution in [0.25, 0.3) is 0 Å². The summed E-state index contributed by atoms with van der Waals surface area (Å²) >= 11 is 0. The van der Waals surface area contributed by atoms with Gasteiger partial charge in [-0.3, -0.25) is 6.08 Å². The van der Waals surface area contributed by atoms with Crippen LogP contribution in [-0.4, -0.2) is 8.07 Å². The Kier molecular flexibility index (Phi) is 16.8. The van der Waals surface area contributed by atoms with E-state index in [0.29, 0.717) is 23.7 Å². The van der Waals surface area contributed by atoms with Crippen molar-refractivity contribution in [2.24, 2.45) is 5.92 Å². The number of rotatable bonds is 9. The summed E-state index contributed by atoms with van der Waals surface area (Å²) in [5.41, 5.74) is 5.73. The van der Waals surface area contributed by atoms with Crippen LogP contribution in [0.2, 0.25) is 0 Å². The fourth-order valence-corrected chi connectivity index (χ4v) is 11.2. The van der Waals surface area contributed by atoms with Gasteiger partial charge in [0.2, 0.25) is 0 Å². The zero-order valence-corrected chi connectivity index (χ0v) is 30.7. The number of benzene rings is 3. The molecule has 0 fully saturated rings. The first-order valence-electron chi connectivity index (χ1n) is 14.3. The maximum absolute atomic E-state index is 3.77. The van der Waals surface area contributed by atoms with E-state index in [0.717, 1.165) is 12.8 Å². The molecule has 0 nitrogen and oxygen atoms in total. The topological polar surface area (TPSA) is 0 Å². The van der Waals surface area contributed by atoms with Gasteiger partial charge in [-0.1, -0.05) is 163 Å². The molecule has 0 aromatic heterocycles. The van der Waals surface area contributed by atoms with Gasteiger partial charge in [-0.25, -0.2) is 10.8 Å². The molecule has 3 aromatic rings. The van der Waals surface area contributed by atoms with Crippen LogP contribution in [0, 0.1) is 12.0 Å². The summed E-state index contributed by atoms with van der Waals surface area (Å²) in [6, 6.07) is 28.8. The Morgan fingerprint density at radius 3 is 1.32 bits per heavy atom. The van der Waals surface area contributed by atoms with Gasteiger partial charge < -0.3 is 37.2 Å². The molecule has 1 atom stereocenters. The van der Waals surface area contributed by atoms with Gasteiger partial charge >= 0.3 is 21.7 Å². The Balaban J connectivity index is 0.00000400. The van der Waals surface area contributed by atoms with Crippen LogP contribution in [0.15, 0.2) is 89.6 Å². The Bertz CT molecular complexity index is 1180. The number of halogens is 3. The average Bonchev–Trinajstić information content (AvgIpc) is 3.39. The van der Waals surface area contributed by atoms with Crippen molar-refractivity contribution >= 4 is 23.6 Å². The molecule has 0 N–H and O–H groups in total. The maximum Gasteiger partial charge on any atom is 4.00 e. The quantitative estimate of drug-likeness (QED) is 0.160. The molecule has 5 heteroatoms. The Labute approximate surface area is 285 Å². The van der Waals surface area contributed by atoms with E-state index in [1.54, 1.807) is 5.20 Å². The van der Waals surface area contributed by atoms with E-state index in [1.165, 1.54) is 37.8 Å². The third-order valence-corrected chi connectivity index (χ3v) is 13.3. The molecule has 0 spiro atoms. The first-order chi connectivity index (χ1) is 17.7. The molecule has 0 radical (unpaired) electrons. The molecule has 0 heterocycles. The van der Waals surface area contributed by atoms with Crippen LogP contribution in [0.5, 0.6) is 0 Å². The standard InChI is InChI=1S/C36H45Si.3ClH.Ti/c1-9-28(8)35-20-13-21-36(35)37(32-17-10-14-29(22-32)25(2)3,33-18-11-15-30(23-33)26(4)5)34-19-12-16-31(24-34)27(6)7;;;;/h10-19,22-28H,9,21H2,1-8H3;3*1H;/q-1;;;;+4/p-3. The van der Waals surface area contributed by atoms with Crippen LogP contribution < -0.4 is 52.8 Å². The monoisotopic (exact) mass is 658 g/mol. The van der Waals surface area contributed by atoms with E-state index in [1.807, 2.05) is 0 Å². The molecule has 0 aliphatic heterocycles. The van der Waals surface area contributed by atoms with Gasteiger partial charge in [0, 0.05) is 0 Å². The van der Waals surface area contributed by atoms with Crippen molar-refractivity contribution in [2.45, 2.75) is 86.0 Å². The second-order valence-electron chi connectivity index (χ2n) is 11.8. The summed E-state index contributed by atoms with van der Waals surface area (Å²) in [5, 5.41) is 6.15. The first kappa shape index (κ1) is 39.9. The van der Waals surface area contributed by atoms with Crippen molar-refractivity contribution in [1.82, 2.24) is 0 Å². The van der Waals surface area contributed by atoms with Crippen molar-refractivity contribution in [3.8, 4) is 0 Å². The predicted molar refractivity (Wildman–Crippen MR) is 165 cm³/mol. The van der Waals surface area contributed by atoms with Gasteiger partial charge in [0.1, 0.15) is 0 Å². The van der Waals surface area contributed by atoms with E-state index in [2.05, 4.69) is 140 Å². The second-order valence-corrected chi connectivity index (χ2v) is 15.7. The number of hydrogen-bond donors (Lipinski definition) is 0. The van der Waals surface area contributed by atoms with Crippen molar-refractivity contribution in [3.05, 3.63) is 112 Å². The smallest absolute Gasteiger partial charge is 1.00 e. The van der Waals surface area contributed by atoms with Crippen molar-refractivity contribution in [3.63, 3.8) is 0 Å². The minimum atomic E-state index is -2.58. The Morgan fingerprint density at radius 1 is 0.634 bits per heavy atom. The Morgan fingerprint density at radius 2 is 1.00 bits per heavy atom. The fourth-order valence-electron chi connectivity index (χ4n) is 5.87. The molecule has 41 heavy (non-hydrogen) atoms. The summed E-state index contributed by atoms with van der Waals surface area (Å²) in [6.07, 6.45) is 8.21. The molecule has 1 aliphatic carbocycles. The normalized spacial score (nSPS) is 13.4. The van der Waals surface area contributed by atoms with Crippen molar-refractivity contribution in [2.75, 3.05) is 0 Å². The molecule has 0 bridgehead atoms. The van der Waals surface area contributed by atoms with Crippen LogP contribution in [0.3, 0.4) is 0 Å². The molecular formula is C36H45Cl3SiTi. The van der Waals surface area contributed by atoms with Gasteiger partial charge in [-0.05, 0) is 34.4 Å². The van der Waals surface area contributed by atoms with Gasteiger partial charge in [0.15, 0.2) is 0 Å².